The minimum Gasteiger partial charge on any atom is -0.493 e. The molecule has 8 nitrogen and oxygen atoms in total. The highest BCUT2D eigenvalue weighted by molar-refractivity contribution is 7.80. The van der Waals surface area contributed by atoms with Gasteiger partial charge in [0.25, 0.3) is 5.91 Å². The zero-order valence-corrected chi connectivity index (χ0v) is 24.0. The van der Waals surface area contributed by atoms with Crippen LogP contribution in [0.2, 0.25) is 0 Å². The van der Waals surface area contributed by atoms with Crippen LogP contribution in [0.5, 0.6) is 23.0 Å². The van der Waals surface area contributed by atoms with Gasteiger partial charge in [0.2, 0.25) is 0 Å². The molecule has 0 spiro atoms. The normalized spacial score (nSPS) is 19.0. The number of hydrogen-bond donors (Lipinski definition) is 2. The Kier molecular flexibility index (Phi) is 9.59. The molecule has 4 rings (SSSR count). The predicted molar refractivity (Wildman–Crippen MR) is 157 cm³/mol. The second-order valence-electron chi connectivity index (χ2n) is 10.3. The van der Waals surface area contributed by atoms with Crippen LogP contribution < -0.4 is 24.8 Å². The van der Waals surface area contributed by atoms with Gasteiger partial charge < -0.3 is 29.6 Å². The van der Waals surface area contributed by atoms with Gasteiger partial charge in [-0.1, -0.05) is 27.2 Å². The highest BCUT2D eigenvalue weighted by atomic mass is 32.1. The number of carbonyl (C=O) groups is 1. The maximum Gasteiger partial charge on any atom is 0.252 e. The van der Waals surface area contributed by atoms with Gasteiger partial charge in [-0.05, 0) is 79.2 Å². The Morgan fingerprint density at radius 2 is 1.77 bits per heavy atom. The Hall–Kier alpha value is -3.43. The van der Waals surface area contributed by atoms with Crippen molar-refractivity contribution >= 4 is 39.8 Å². The second kappa shape index (κ2) is 13.1. The van der Waals surface area contributed by atoms with Gasteiger partial charge in [-0.2, -0.15) is 0 Å². The lowest BCUT2D eigenvalue weighted by molar-refractivity contribution is -0.129. The van der Waals surface area contributed by atoms with E-state index in [1.807, 2.05) is 36.4 Å². The summed E-state index contributed by atoms with van der Waals surface area (Å²) in [6.07, 6.45) is 5.14. The molecule has 208 valence electrons. The summed E-state index contributed by atoms with van der Waals surface area (Å²) in [4.78, 5) is 16.9. The van der Waals surface area contributed by atoms with Crippen LogP contribution in [0.25, 0.3) is 10.9 Å². The summed E-state index contributed by atoms with van der Waals surface area (Å²) in [5.74, 6) is 3.83. The molecule has 0 radical (unpaired) electrons. The zero-order valence-electron chi connectivity index (χ0n) is 23.2. The summed E-state index contributed by atoms with van der Waals surface area (Å²) >= 11 is 5.34. The Bertz CT molecular complexity index is 1300. The zero-order chi connectivity index (χ0) is 27.9. The summed E-state index contributed by atoms with van der Waals surface area (Å²) in [5, 5.41) is 6.77. The Labute approximate surface area is 235 Å². The minimum atomic E-state index is -0.259. The molecule has 1 aliphatic rings. The van der Waals surface area contributed by atoms with Gasteiger partial charge in [0.05, 0.1) is 25.8 Å². The number of rotatable bonds is 9. The summed E-state index contributed by atoms with van der Waals surface area (Å²) in [6, 6.07) is 12.7. The van der Waals surface area contributed by atoms with E-state index in [4.69, 9.17) is 31.2 Å². The fraction of sp³-hybridized carbons (Fsp3) is 0.433. The molecule has 39 heavy (non-hydrogen) atoms. The first-order chi connectivity index (χ1) is 18.8. The number of amides is 1. The number of pyridine rings is 1. The number of ether oxygens (including phenoxy) is 4. The van der Waals surface area contributed by atoms with Crippen LogP contribution in [0.15, 0.2) is 48.7 Å². The van der Waals surface area contributed by atoms with E-state index in [-0.39, 0.29) is 23.7 Å². The number of nitrogens with one attached hydrogen (secondary N) is 2. The van der Waals surface area contributed by atoms with Crippen molar-refractivity contribution in [1.82, 2.24) is 10.3 Å². The van der Waals surface area contributed by atoms with Crippen LogP contribution in [-0.4, -0.2) is 42.9 Å². The highest BCUT2D eigenvalue weighted by Crippen LogP contribution is 2.37. The molecule has 3 atom stereocenters. The molecule has 1 heterocycles. The number of thiocarbonyl (C=S) groups is 1. The van der Waals surface area contributed by atoms with E-state index in [1.165, 1.54) is 6.42 Å². The molecule has 0 saturated heterocycles. The fourth-order valence-corrected chi connectivity index (χ4v) is 5.32. The monoisotopic (exact) mass is 551 g/mol. The van der Waals surface area contributed by atoms with Crippen LogP contribution in [0.3, 0.4) is 0 Å². The van der Waals surface area contributed by atoms with Crippen molar-refractivity contribution in [2.45, 2.75) is 46.1 Å². The number of hydrogen-bond acceptors (Lipinski definition) is 7. The van der Waals surface area contributed by atoms with Crippen molar-refractivity contribution in [3.63, 3.8) is 0 Å². The topological polar surface area (TPSA) is 90.9 Å². The van der Waals surface area contributed by atoms with Crippen LogP contribution in [0.4, 0.5) is 5.69 Å². The number of nitrogens with zero attached hydrogens (tertiary/aromatic N) is 1. The van der Waals surface area contributed by atoms with E-state index >= 15 is 0 Å². The summed E-state index contributed by atoms with van der Waals surface area (Å²) in [6.45, 7) is 6.68. The van der Waals surface area contributed by atoms with Gasteiger partial charge in [0, 0.05) is 23.3 Å². The molecule has 1 amide bonds. The first-order valence-corrected chi connectivity index (χ1v) is 13.7. The quantitative estimate of drug-likeness (QED) is 0.298. The molecule has 0 aliphatic heterocycles. The van der Waals surface area contributed by atoms with Gasteiger partial charge in [-0.3, -0.25) is 9.78 Å². The molecule has 3 aromatic rings. The number of benzene rings is 2. The lowest BCUT2D eigenvalue weighted by Crippen LogP contribution is -2.40. The van der Waals surface area contributed by atoms with E-state index in [1.54, 1.807) is 26.5 Å². The van der Waals surface area contributed by atoms with Crippen LogP contribution >= 0.6 is 12.2 Å². The maximum atomic E-state index is 12.5. The number of aromatic nitrogens is 1. The third kappa shape index (κ3) is 7.36. The largest absolute Gasteiger partial charge is 0.493 e. The third-order valence-electron chi connectivity index (χ3n) is 7.19. The van der Waals surface area contributed by atoms with Crippen molar-refractivity contribution in [3.05, 3.63) is 48.7 Å². The van der Waals surface area contributed by atoms with Gasteiger partial charge >= 0.3 is 0 Å². The standard InChI is InChI=1S/C30H37N3O5S/c1-18(2)22-11-6-19(3)14-26(22)37-17-29(34)33-30(39)32-20-7-9-21(10-8-20)38-25-12-13-31-24-16-28(36-5)27(35-4)15-23(24)25/h7-10,12-13,15-16,18-19,22,26H,6,11,14,17H2,1-5H3,(H2,32,33,34,39)/t19-,22+,26-/m1/s1. The number of anilines is 1. The number of carbonyl (C=O) groups excluding carboxylic acids is 1. The Balaban J connectivity index is 1.32. The van der Waals surface area contributed by atoms with Crippen LogP contribution in [0.1, 0.15) is 40.0 Å². The van der Waals surface area contributed by atoms with E-state index in [2.05, 4.69) is 36.4 Å². The lowest BCUT2D eigenvalue weighted by Gasteiger charge is -2.37. The molecular weight excluding hydrogens is 514 g/mol. The van der Waals surface area contributed by atoms with Crippen LogP contribution in [0, 0.1) is 17.8 Å². The molecule has 1 fully saturated rings. The third-order valence-corrected chi connectivity index (χ3v) is 7.39. The van der Waals surface area contributed by atoms with Crippen molar-refractivity contribution < 1.29 is 23.7 Å². The van der Waals surface area contributed by atoms with Crippen molar-refractivity contribution in [2.24, 2.45) is 17.8 Å². The molecule has 2 aromatic carbocycles. The summed E-state index contributed by atoms with van der Waals surface area (Å²) in [5.41, 5.74) is 1.45. The molecule has 1 aromatic heterocycles. The SMILES string of the molecule is COc1cc2nccc(Oc3ccc(NC(=S)NC(=O)CO[C@@H]4C[C@H](C)CC[C@H]4C(C)C)cc3)c2cc1OC. The molecule has 0 unspecified atom stereocenters. The molecule has 0 bridgehead atoms. The first kappa shape index (κ1) is 28.6. The van der Waals surface area contributed by atoms with Gasteiger partial charge in [-0.15, -0.1) is 0 Å². The lowest BCUT2D eigenvalue weighted by atomic mass is 9.75. The number of methoxy groups -OCH3 is 2. The van der Waals surface area contributed by atoms with E-state index in [9.17, 15) is 4.79 Å². The molecular formula is C30H37N3O5S. The van der Waals surface area contributed by atoms with Crippen molar-refractivity contribution in [1.29, 1.82) is 0 Å². The van der Waals surface area contributed by atoms with Crippen molar-refractivity contribution in [3.8, 4) is 23.0 Å². The Morgan fingerprint density at radius 3 is 2.46 bits per heavy atom. The summed E-state index contributed by atoms with van der Waals surface area (Å²) in [7, 11) is 3.18. The van der Waals surface area contributed by atoms with E-state index in [0.717, 1.165) is 29.4 Å². The molecule has 1 aliphatic carbocycles. The second-order valence-corrected chi connectivity index (χ2v) is 10.7. The molecule has 2 N–H and O–H groups in total. The van der Waals surface area contributed by atoms with Gasteiger partial charge in [0.15, 0.2) is 16.6 Å². The Morgan fingerprint density at radius 1 is 1.05 bits per heavy atom. The maximum absolute atomic E-state index is 12.5. The van der Waals surface area contributed by atoms with Gasteiger partial charge in [0.1, 0.15) is 18.1 Å². The van der Waals surface area contributed by atoms with Gasteiger partial charge in [-0.25, -0.2) is 0 Å². The fourth-order valence-electron chi connectivity index (χ4n) is 5.08. The molecule has 9 heteroatoms. The average Bonchev–Trinajstić information content (AvgIpc) is 2.92. The van der Waals surface area contributed by atoms with Crippen LogP contribution in [-0.2, 0) is 9.53 Å². The predicted octanol–water partition coefficient (Wildman–Crippen LogP) is 6.33. The molecule has 1 saturated carbocycles. The van der Waals surface area contributed by atoms with E-state index in [0.29, 0.717) is 40.8 Å². The average molecular weight is 552 g/mol. The highest BCUT2D eigenvalue weighted by Gasteiger charge is 2.31. The smallest absolute Gasteiger partial charge is 0.252 e. The minimum absolute atomic E-state index is 0.00818. The van der Waals surface area contributed by atoms with Crippen molar-refractivity contribution in [2.75, 3.05) is 26.1 Å². The summed E-state index contributed by atoms with van der Waals surface area (Å²) < 4.78 is 23.0. The number of fused-ring (bicyclic) bond motifs is 1. The first-order valence-electron chi connectivity index (χ1n) is 13.3. The van der Waals surface area contributed by atoms with E-state index < -0.39 is 0 Å².